The molecule has 0 radical (unpaired) electrons. The van der Waals surface area contributed by atoms with E-state index in [0.717, 1.165) is 18.6 Å². The van der Waals surface area contributed by atoms with Gasteiger partial charge < -0.3 is 18.8 Å². The number of carbonyl (C=O) groups excluding carboxylic acids is 1. The summed E-state index contributed by atoms with van der Waals surface area (Å²) in [5, 5.41) is 0. The summed E-state index contributed by atoms with van der Waals surface area (Å²) in [4.78, 5) is 18.2. The van der Waals surface area contributed by atoms with Crippen LogP contribution in [0.5, 0.6) is 5.75 Å². The molecule has 146 valence electrons. The fourth-order valence-corrected chi connectivity index (χ4v) is 2.93. The molecule has 0 bridgehead atoms. The van der Waals surface area contributed by atoms with Gasteiger partial charge in [0.1, 0.15) is 12.0 Å². The monoisotopic (exact) mass is 384 g/mol. The van der Waals surface area contributed by atoms with E-state index in [0.29, 0.717) is 25.6 Å². The van der Waals surface area contributed by atoms with Gasteiger partial charge in [-0.15, -0.1) is 0 Å². The second kappa shape index (κ2) is 7.99. The van der Waals surface area contributed by atoms with Crippen molar-refractivity contribution in [3.8, 4) is 5.75 Å². The zero-order chi connectivity index (χ0) is 19.4. The van der Waals surface area contributed by atoms with Crippen LogP contribution in [0.1, 0.15) is 28.4 Å². The minimum absolute atomic E-state index is 0.0397. The van der Waals surface area contributed by atoms with Gasteiger partial charge in [-0.25, -0.2) is 4.98 Å². The number of carbonyl (C=O) groups is 1. The van der Waals surface area contributed by atoms with Crippen LogP contribution >= 0.6 is 0 Å². The Bertz CT molecular complexity index is 791. The second-order valence-corrected chi connectivity index (χ2v) is 6.30. The molecule has 1 unspecified atom stereocenters. The van der Waals surface area contributed by atoms with Gasteiger partial charge in [-0.2, -0.15) is 13.2 Å². The molecule has 1 aromatic carbocycles. The van der Waals surface area contributed by atoms with E-state index in [-0.39, 0.29) is 29.8 Å². The molecule has 2 aromatic rings. The third kappa shape index (κ3) is 4.79. The lowest BCUT2D eigenvalue weighted by atomic mass is 10.1. The molecule has 2 heterocycles. The van der Waals surface area contributed by atoms with Crippen molar-refractivity contribution in [3.63, 3.8) is 0 Å². The molecule has 0 N–H and O–H groups in total. The van der Waals surface area contributed by atoms with Gasteiger partial charge in [0.15, 0.2) is 12.3 Å². The molecule has 1 aliphatic rings. The molecule has 0 spiro atoms. The molecule has 1 fully saturated rings. The van der Waals surface area contributed by atoms with Crippen molar-refractivity contribution in [1.82, 2.24) is 9.88 Å². The van der Waals surface area contributed by atoms with Crippen molar-refractivity contribution in [1.29, 1.82) is 0 Å². The van der Waals surface area contributed by atoms with Gasteiger partial charge in [0.2, 0.25) is 5.89 Å². The Kier molecular flexibility index (Phi) is 5.69. The Morgan fingerprint density at radius 1 is 1.41 bits per heavy atom. The fourth-order valence-electron chi connectivity index (χ4n) is 2.93. The Morgan fingerprint density at radius 2 is 2.22 bits per heavy atom. The maximum atomic E-state index is 12.7. The Morgan fingerprint density at radius 3 is 2.96 bits per heavy atom. The van der Waals surface area contributed by atoms with E-state index in [9.17, 15) is 18.0 Å². The van der Waals surface area contributed by atoms with Crippen LogP contribution in [0.3, 0.4) is 0 Å². The van der Waals surface area contributed by atoms with Gasteiger partial charge >= 0.3 is 6.18 Å². The molecular weight excluding hydrogens is 365 g/mol. The van der Waals surface area contributed by atoms with Gasteiger partial charge in [0, 0.05) is 26.1 Å². The van der Waals surface area contributed by atoms with Crippen molar-refractivity contribution in [3.05, 3.63) is 47.7 Å². The molecule has 0 saturated carbocycles. The van der Waals surface area contributed by atoms with Gasteiger partial charge in [0.25, 0.3) is 5.91 Å². The quantitative estimate of drug-likeness (QED) is 0.764. The van der Waals surface area contributed by atoms with Crippen molar-refractivity contribution < 1.29 is 31.9 Å². The van der Waals surface area contributed by atoms with Gasteiger partial charge in [-0.1, -0.05) is 6.07 Å². The standard InChI is InChI=1S/C18H19F3N2O4/c1-25-9-12-5-6-23(8-12)17(24)15-10-27-16(22-15)11-26-14-4-2-3-13(7-14)18(19,20)21/h2-4,7,10,12H,5-6,8-9,11H2,1H3. The summed E-state index contributed by atoms with van der Waals surface area (Å²) >= 11 is 0. The highest BCUT2D eigenvalue weighted by Crippen LogP contribution is 2.31. The molecule has 27 heavy (non-hydrogen) atoms. The number of aromatic nitrogens is 1. The zero-order valence-corrected chi connectivity index (χ0v) is 14.7. The van der Waals surface area contributed by atoms with E-state index < -0.39 is 11.7 Å². The summed E-state index contributed by atoms with van der Waals surface area (Å²) in [5.74, 6) is 0.207. The van der Waals surface area contributed by atoms with Crippen LogP contribution < -0.4 is 4.74 Å². The molecular formula is C18H19F3N2O4. The lowest BCUT2D eigenvalue weighted by Crippen LogP contribution is -2.29. The van der Waals surface area contributed by atoms with Crippen molar-refractivity contribution in [2.24, 2.45) is 5.92 Å². The maximum Gasteiger partial charge on any atom is 0.416 e. The topological polar surface area (TPSA) is 64.8 Å². The average Bonchev–Trinajstić information content (AvgIpc) is 3.29. The van der Waals surface area contributed by atoms with Gasteiger partial charge in [-0.3, -0.25) is 4.79 Å². The van der Waals surface area contributed by atoms with E-state index in [2.05, 4.69) is 4.98 Å². The number of oxazole rings is 1. The largest absolute Gasteiger partial charge is 0.484 e. The predicted molar refractivity (Wildman–Crippen MR) is 88.2 cm³/mol. The summed E-state index contributed by atoms with van der Waals surface area (Å²) in [5.41, 5.74) is -0.654. The Balaban J connectivity index is 1.58. The number of alkyl halides is 3. The molecule has 6 nitrogen and oxygen atoms in total. The van der Waals surface area contributed by atoms with Crippen LogP contribution in [0, 0.1) is 5.92 Å². The highest BCUT2D eigenvalue weighted by atomic mass is 19.4. The molecule has 1 atom stereocenters. The summed E-state index contributed by atoms with van der Waals surface area (Å²) in [6.07, 6.45) is -2.35. The van der Waals surface area contributed by atoms with Crippen molar-refractivity contribution >= 4 is 5.91 Å². The fraction of sp³-hybridized carbons (Fsp3) is 0.444. The number of rotatable bonds is 6. The van der Waals surface area contributed by atoms with Crippen molar-refractivity contribution in [2.75, 3.05) is 26.8 Å². The summed E-state index contributed by atoms with van der Waals surface area (Å²) < 4.78 is 53.7. The summed E-state index contributed by atoms with van der Waals surface area (Å²) in [6.45, 7) is 1.63. The van der Waals surface area contributed by atoms with Crippen LogP contribution in [0.15, 0.2) is 34.9 Å². The highest BCUT2D eigenvalue weighted by molar-refractivity contribution is 5.92. The summed E-state index contributed by atoms with van der Waals surface area (Å²) in [6, 6.07) is 4.52. The molecule has 3 rings (SSSR count). The average molecular weight is 384 g/mol. The number of amides is 1. The van der Waals surface area contributed by atoms with E-state index in [1.165, 1.54) is 18.4 Å². The molecule has 1 aliphatic heterocycles. The van der Waals surface area contributed by atoms with E-state index >= 15 is 0 Å². The molecule has 1 amide bonds. The van der Waals surface area contributed by atoms with Crippen LogP contribution in [-0.2, 0) is 17.5 Å². The SMILES string of the molecule is COCC1CCN(C(=O)c2coc(COc3cccc(C(F)(F)F)c3)n2)C1. The van der Waals surface area contributed by atoms with Crippen LogP contribution in [0.25, 0.3) is 0 Å². The van der Waals surface area contributed by atoms with E-state index in [1.807, 2.05) is 0 Å². The number of benzene rings is 1. The normalized spacial score (nSPS) is 17.3. The molecule has 1 aromatic heterocycles. The zero-order valence-electron chi connectivity index (χ0n) is 14.7. The number of hydrogen-bond donors (Lipinski definition) is 0. The molecule has 9 heteroatoms. The number of halogens is 3. The Hall–Kier alpha value is -2.55. The Labute approximate surface area is 153 Å². The van der Waals surface area contributed by atoms with Gasteiger partial charge in [-0.05, 0) is 24.6 Å². The first-order valence-electron chi connectivity index (χ1n) is 8.39. The number of methoxy groups -OCH3 is 1. The smallest absolute Gasteiger partial charge is 0.416 e. The number of ether oxygens (including phenoxy) is 2. The third-order valence-corrected chi connectivity index (χ3v) is 4.27. The number of nitrogens with zero attached hydrogens (tertiary/aromatic N) is 2. The maximum absolute atomic E-state index is 12.7. The second-order valence-electron chi connectivity index (χ2n) is 6.30. The molecule has 0 aliphatic carbocycles. The third-order valence-electron chi connectivity index (χ3n) is 4.27. The lowest BCUT2D eigenvalue weighted by Gasteiger charge is -2.14. The van der Waals surface area contributed by atoms with Crippen molar-refractivity contribution in [2.45, 2.75) is 19.2 Å². The van der Waals surface area contributed by atoms with Crippen LogP contribution in [-0.4, -0.2) is 42.6 Å². The minimum atomic E-state index is -4.45. The number of hydrogen-bond acceptors (Lipinski definition) is 5. The first-order valence-corrected chi connectivity index (χ1v) is 8.39. The van der Waals surface area contributed by atoms with Crippen LogP contribution in [0.4, 0.5) is 13.2 Å². The highest BCUT2D eigenvalue weighted by Gasteiger charge is 2.31. The first kappa shape index (κ1) is 19.2. The lowest BCUT2D eigenvalue weighted by molar-refractivity contribution is -0.137. The van der Waals surface area contributed by atoms with Gasteiger partial charge in [0.05, 0.1) is 12.2 Å². The van der Waals surface area contributed by atoms with E-state index in [4.69, 9.17) is 13.9 Å². The summed E-state index contributed by atoms with van der Waals surface area (Å²) in [7, 11) is 1.62. The number of likely N-dealkylation sites (tertiary alicyclic amines) is 1. The predicted octanol–water partition coefficient (Wildman–Crippen LogP) is 3.38. The minimum Gasteiger partial charge on any atom is -0.484 e. The molecule has 1 saturated heterocycles. The first-order chi connectivity index (χ1) is 12.9. The van der Waals surface area contributed by atoms with Crippen LogP contribution in [0.2, 0.25) is 0 Å². The van der Waals surface area contributed by atoms with E-state index in [1.54, 1.807) is 12.0 Å².